The smallest absolute Gasteiger partial charge is 0.307 e. The molecule has 0 bridgehead atoms. The molecule has 0 saturated carbocycles. The highest BCUT2D eigenvalue weighted by Gasteiger charge is 2.66. The fourth-order valence-corrected chi connectivity index (χ4v) is 5.54. The number of allylic oxidation sites excluding steroid dienone is 4. The van der Waals surface area contributed by atoms with Gasteiger partial charge in [-0.1, -0.05) is 32.4 Å². The van der Waals surface area contributed by atoms with Gasteiger partial charge in [-0.3, -0.25) is 15.0 Å². The standard InChI is InChI=1S/C26H32F5N5OS/c1-5-23(38(27,28,29,30)31)10-8-20(3)35-14-12-32-26-22(7-6-13-36(26)35)15-21-9-11-24(25(16-21)37-4)34-17-19(2)33-18-34/h8-11,15-18H,5-7,12-14H2,1-4H3/b20-8+,22-15+,23-10+. The number of imidazole rings is 1. The number of hydrogen-bond donors (Lipinski definition) is 0. The molecule has 12 heteroatoms. The summed E-state index contributed by atoms with van der Waals surface area (Å²) in [7, 11) is -8.10. The molecule has 1 aromatic carbocycles. The highest BCUT2D eigenvalue weighted by Crippen LogP contribution is 3.02. The molecule has 0 N–H and O–H groups in total. The number of ether oxygens (including phenoxy) is 1. The number of methoxy groups -OCH3 is 1. The Morgan fingerprint density at radius 3 is 2.53 bits per heavy atom. The number of fused-ring (bicyclic) bond motifs is 1. The Hall–Kier alpha value is -3.28. The summed E-state index contributed by atoms with van der Waals surface area (Å²) >= 11 is 0. The van der Waals surface area contributed by atoms with E-state index in [9.17, 15) is 19.4 Å². The van der Waals surface area contributed by atoms with Gasteiger partial charge in [0.2, 0.25) is 0 Å². The minimum absolute atomic E-state index is 0.433. The molecule has 1 saturated heterocycles. The van der Waals surface area contributed by atoms with Crippen molar-refractivity contribution in [2.75, 3.05) is 26.7 Å². The van der Waals surface area contributed by atoms with Gasteiger partial charge in [0.05, 0.1) is 42.8 Å². The summed E-state index contributed by atoms with van der Waals surface area (Å²) in [6.45, 7) is 6.11. The third kappa shape index (κ3) is 6.06. The molecular formula is C26H32F5N5OS. The van der Waals surface area contributed by atoms with E-state index in [2.05, 4.69) is 4.98 Å². The van der Waals surface area contributed by atoms with Crippen molar-refractivity contribution in [1.29, 1.82) is 0 Å². The number of halogens is 5. The predicted molar refractivity (Wildman–Crippen MR) is 143 cm³/mol. The first kappa shape index (κ1) is 27.7. The SMILES string of the molecule is CC/C(=C\C=C(/C)N1CCN=C2/C(=C/c3ccc(-n4cnc(C)c4)c(OC)c3)CCCN21)S(F)(F)(F)(F)F. The molecule has 2 aromatic rings. The summed E-state index contributed by atoms with van der Waals surface area (Å²) in [5.41, 5.74) is 4.08. The van der Waals surface area contributed by atoms with Crippen molar-refractivity contribution in [3.05, 3.63) is 70.3 Å². The van der Waals surface area contributed by atoms with Gasteiger partial charge >= 0.3 is 10.2 Å². The number of hydrogen-bond acceptors (Lipinski definition) is 5. The lowest BCUT2D eigenvalue weighted by atomic mass is 10.00. The first-order valence-electron chi connectivity index (χ1n) is 12.3. The molecule has 2 aliphatic rings. The Morgan fingerprint density at radius 1 is 1.13 bits per heavy atom. The number of rotatable bonds is 7. The van der Waals surface area contributed by atoms with Gasteiger partial charge in [0.15, 0.2) is 0 Å². The minimum Gasteiger partial charge on any atom is -0.495 e. The van der Waals surface area contributed by atoms with Crippen LogP contribution in [0.15, 0.2) is 64.0 Å². The van der Waals surface area contributed by atoms with E-state index in [1.807, 2.05) is 52.0 Å². The van der Waals surface area contributed by atoms with Gasteiger partial charge in [0, 0.05) is 18.4 Å². The van der Waals surface area contributed by atoms with Crippen LogP contribution in [0.2, 0.25) is 0 Å². The van der Waals surface area contributed by atoms with Gasteiger partial charge in [-0.15, -0.1) is 0 Å². The largest absolute Gasteiger partial charge is 0.495 e. The summed E-state index contributed by atoms with van der Waals surface area (Å²) in [4.78, 5) is 7.18. The molecule has 0 spiro atoms. The lowest BCUT2D eigenvalue weighted by Crippen LogP contribution is -2.52. The van der Waals surface area contributed by atoms with Crippen LogP contribution in [-0.2, 0) is 0 Å². The monoisotopic (exact) mass is 557 g/mol. The van der Waals surface area contributed by atoms with Gasteiger partial charge < -0.3 is 9.30 Å². The first-order chi connectivity index (χ1) is 17.7. The zero-order chi connectivity index (χ0) is 27.8. The number of piperidine rings is 1. The Bertz CT molecular complexity index is 1340. The highest BCUT2D eigenvalue weighted by molar-refractivity contribution is 8.48. The summed E-state index contributed by atoms with van der Waals surface area (Å²) in [5, 5.41) is 3.74. The van der Waals surface area contributed by atoms with Crippen LogP contribution in [0.25, 0.3) is 11.8 Å². The maximum absolute atomic E-state index is 13.3. The average Bonchev–Trinajstić information content (AvgIpc) is 3.28. The lowest BCUT2D eigenvalue weighted by Gasteiger charge is -2.45. The summed E-state index contributed by atoms with van der Waals surface area (Å²) in [5.74, 6) is 1.41. The van der Waals surface area contributed by atoms with E-state index in [0.29, 0.717) is 37.2 Å². The van der Waals surface area contributed by atoms with E-state index in [0.717, 1.165) is 54.2 Å². The van der Waals surface area contributed by atoms with Crippen LogP contribution in [0.3, 0.4) is 0 Å². The van der Waals surface area contributed by atoms with Crippen LogP contribution in [-0.4, -0.2) is 52.1 Å². The molecule has 1 aromatic heterocycles. The van der Waals surface area contributed by atoms with Crippen molar-refractivity contribution in [3.8, 4) is 11.4 Å². The number of amidine groups is 1. The van der Waals surface area contributed by atoms with Crippen molar-refractivity contribution < 1.29 is 24.2 Å². The van der Waals surface area contributed by atoms with Gasteiger partial charge in [-0.05, 0) is 74.6 Å². The number of hydrazine groups is 1. The number of aryl methyl sites for hydroxylation is 1. The van der Waals surface area contributed by atoms with E-state index in [4.69, 9.17) is 9.73 Å². The van der Waals surface area contributed by atoms with Crippen molar-refractivity contribution in [2.45, 2.75) is 40.0 Å². The third-order valence-electron chi connectivity index (χ3n) is 6.51. The zero-order valence-corrected chi connectivity index (χ0v) is 22.6. The summed E-state index contributed by atoms with van der Waals surface area (Å²) in [6.07, 6.45) is 8.09. The fraction of sp³-hybridized carbons (Fsp3) is 0.385. The molecule has 0 atom stereocenters. The predicted octanol–water partition coefficient (Wildman–Crippen LogP) is 7.79. The molecule has 6 nitrogen and oxygen atoms in total. The van der Waals surface area contributed by atoms with Crippen LogP contribution in [0, 0.1) is 6.92 Å². The molecule has 38 heavy (non-hydrogen) atoms. The Kier molecular flexibility index (Phi) is 6.92. The number of aliphatic imine (C=N–C) groups is 1. The van der Waals surface area contributed by atoms with Crippen molar-refractivity contribution in [1.82, 2.24) is 19.6 Å². The van der Waals surface area contributed by atoms with E-state index in [1.165, 1.54) is 0 Å². The van der Waals surface area contributed by atoms with Crippen molar-refractivity contribution >= 4 is 22.1 Å². The van der Waals surface area contributed by atoms with E-state index in [-0.39, 0.29) is 0 Å². The molecular weight excluding hydrogens is 525 g/mol. The van der Waals surface area contributed by atoms with E-state index < -0.39 is 21.5 Å². The molecule has 0 unspecified atom stereocenters. The van der Waals surface area contributed by atoms with Gasteiger partial charge in [-0.2, -0.15) is 0 Å². The van der Waals surface area contributed by atoms with Crippen LogP contribution >= 0.6 is 10.2 Å². The fourth-order valence-electron chi connectivity index (χ4n) is 4.67. The number of aromatic nitrogens is 2. The summed E-state index contributed by atoms with van der Waals surface area (Å²) in [6, 6.07) is 5.85. The molecule has 0 aliphatic carbocycles. The molecule has 0 radical (unpaired) electrons. The van der Waals surface area contributed by atoms with E-state index in [1.54, 1.807) is 20.4 Å². The van der Waals surface area contributed by atoms with Crippen LogP contribution in [0.4, 0.5) is 19.4 Å². The second-order valence-corrected chi connectivity index (χ2v) is 11.8. The quantitative estimate of drug-likeness (QED) is 0.258. The first-order valence-corrected chi connectivity index (χ1v) is 14.3. The number of nitrogens with zero attached hydrogens (tertiary/aromatic N) is 5. The van der Waals surface area contributed by atoms with Crippen molar-refractivity contribution in [2.24, 2.45) is 4.99 Å². The molecule has 208 valence electrons. The Balaban J connectivity index is 1.61. The molecule has 2 aliphatic heterocycles. The number of benzene rings is 1. The van der Waals surface area contributed by atoms with Crippen LogP contribution in [0.1, 0.15) is 44.4 Å². The third-order valence-corrected chi connectivity index (χ3v) is 7.92. The van der Waals surface area contributed by atoms with Crippen LogP contribution < -0.4 is 4.74 Å². The molecule has 1 fully saturated rings. The normalized spacial score (nSPS) is 20.1. The van der Waals surface area contributed by atoms with Crippen molar-refractivity contribution in [3.63, 3.8) is 0 Å². The Morgan fingerprint density at radius 2 is 1.89 bits per heavy atom. The van der Waals surface area contributed by atoms with Crippen LogP contribution in [0.5, 0.6) is 5.75 Å². The average molecular weight is 558 g/mol. The van der Waals surface area contributed by atoms with Gasteiger partial charge in [0.25, 0.3) is 0 Å². The van der Waals surface area contributed by atoms with Gasteiger partial charge in [-0.25, -0.2) is 4.98 Å². The minimum atomic E-state index is -9.70. The highest BCUT2D eigenvalue weighted by atomic mass is 32.5. The maximum atomic E-state index is 13.3. The van der Waals surface area contributed by atoms with E-state index >= 15 is 0 Å². The molecule has 3 heterocycles. The molecule has 4 rings (SSSR count). The topological polar surface area (TPSA) is 45.9 Å². The summed E-state index contributed by atoms with van der Waals surface area (Å²) < 4.78 is 74.1. The zero-order valence-electron chi connectivity index (χ0n) is 21.8. The molecule has 0 amide bonds. The second-order valence-electron chi connectivity index (χ2n) is 9.34. The second kappa shape index (κ2) is 9.48. The lowest BCUT2D eigenvalue weighted by molar-refractivity contribution is 0.0730. The maximum Gasteiger partial charge on any atom is 0.307 e. The van der Waals surface area contributed by atoms with Gasteiger partial charge in [0.1, 0.15) is 11.6 Å². The Labute approximate surface area is 219 Å².